The summed E-state index contributed by atoms with van der Waals surface area (Å²) >= 11 is 0. The van der Waals surface area contributed by atoms with Crippen LogP contribution in [0.1, 0.15) is 37.9 Å². The van der Waals surface area contributed by atoms with Gasteiger partial charge in [0.2, 0.25) is 5.91 Å². The smallest absolute Gasteiger partial charge is 0.220 e. The number of nitrogens with one attached hydrogen (secondary N) is 1. The fourth-order valence-electron chi connectivity index (χ4n) is 1.45. The standard InChI is InChI=1S/C12H18N2O/c1-3-6-12(15)14-9-11-10(4-2)7-5-8-13-11/h5,7-8H,3-4,6,9H2,1-2H3,(H,14,15). The third-order valence-electron chi connectivity index (χ3n) is 2.30. The molecule has 0 aliphatic rings. The average Bonchev–Trinajstić information content (AvgIpc) is 2.27. The van der Waals surface area contributed by atoms with Crippen LogP contribution in [-0.4, -0.2) is 10.9 Å². The van der Waals surface area contributed by atoms with Crippen LogP contribution >= 0.6 is 0 Å². The minimum atomic E-state index is 0.102. The van der Waals surface area contributed by atoms with Gasteiger partial charge in [0.1, 0.15) is 0 Å². The van der Waals surface area contributed by atoms with Gasteiger partial charge < -0.3 is 5.32 Å². The van der Waals surface area contributed by atoms with Gasteiger partial charge in [0, 0.05) is 12.6 Å². The molecule has 1 rings (SSSR count). The topological polar surface area (TPSA) is 42.0 Å². The zero-order valence-corrected chi connectivity index (χ0v) is 9.42. The normalized spacial score (nSPS) is 10.0. The van der Waals surface area contributed by atoms with Gasteiger partial charge in [-0.15, -0.1) is 0 Å². The second kappa shape index (κ2) is 6.17. The van der Waals surface area contributed by atoms with E-state index in [0.29, 0.717) is 13.0 Å². The number of aryl methyl sites for hydroxylation is 1. The molecule has 0 aromatic carbocycles. The highest BCUT2D eigenvalue weighted by molar-refractivity contribution is 5.75. The molecule has 0 saturated heterocycles. The lowest BCUT2D eigenvalue weighted by Crippen LogP contribution is -2.23. The largest absolute Gasteiger partial charge is 0.350 e. The van der Waals surface area contributed by atoms with Crippen molar-refractivity contribution in [2.75, 3.05) is 0 Å². The molecule has 0 spiro atoms. The number of hydrogen-bond donors (Lipinski definition) is 1. The molecule has 1 heterocycles. The van der Waals surface area contributed by atoms with Gasteiger partial charge in [-0.05, 0) is 24.5 Å². The van der Waals surface area contributed by atoms with Gasteiger partial charge >= 0.3 is 0 Å². The summed E-state index contributed by atoms with van der Waals surface area (Å²) < 4.78 is 0. The number of amides is 1. The first-order chi connectivity index (χ1) is 7.27. The van der Waals surface area contributed by atoms with Crippen LogP contribution < -0.4 is 5.32 Å². The van der Waals surface area contributed by atoms with E-state index in [1.165, 1.54) is 5.56 Å². The predicted octanol–water partition coefficient (Wildman–Crippen LogP) is 2.06. The highest BCUT2D eigenvalue weighted by atomic mass is 16.1. The minimum Gasteiger partial charge on any atom is -0.350 e. The van der Waals surface area contributed by atoms with E-state index in [9.17, 15) is 4.79 Å². The molecule has 3 nitrogen and oxygen atoms in total. The molecule has 0 atom stereocenters. The van der Waals surface area contributed by atoms with E-state index < -0.39 is 0 Å². The van der Waals surface area contributed by atoms with Gasteiger partial charge in [-0.1, -0.05) is 19.9 Å². The number of aromatic nitrogens is 1. The molecule has 3 heteroatoms. The Balaban J connectivity index is 2.53. The summed E-state index contributed by atoms with van der Waals surface area (Å²) in [6, 6.07) is 3.98. The number of pyridine rings is 1. The van der Waals surface area contributed by atoms with Crippen molar-refractivity contribution in [2.45, 2.75) is 39.7 Å². The van der Waals surface area contributed by atoms with Crippen molar-refractivity contribution in [3.05, 3.63) is 29.6 Å². The second-order valence-corrected chi connectivity index (χ2v) is 3.49. The Kier molecular flexibility index (Phi) is 4.81. The van der Waals surface area contributed by atoms with Crippen LogP contribution in [0.15, 0.2) is 18.3 Å². The van der Waals surface area contributed by atoms with Gasteiger partial charge in [-0.25, -0.2) is 0 Å². The van der Waals surface area contributed by atoms with E-state index in [0.717, 1.165) is 18.5 Å². The summed E-state index contributed by atoms with van der Waals surface area (Å²) in [4.78, 5) is 15.5. The second-order valence-electron chi connectivity index (χ2n) is 3.49. The molecule has 1 aromatic heterocycles. The van der Waals surface area contributed by atoms with E-state index in [4.69, 9.17) is 0 Å². The molecule has 1 amide bonds. The van der Waals surface area contributed by atoms with Crippen LogP contribution in [0.4, 0.5) is 0 Å². The van der Waals surface area contributed by atoms with Crippen LogP contribution in [0.5, 0.6) is 0 Å². The average molecular weight is 206 g/mol. The minimum absolute atomic E-state index is 0.102. The van der Waals surface area contributed by atoms with E-state index in [1.807, 2.05) is 19.1 Å². The molecule has 0 aliphatic carbocycles. The number of nitrogens with zero attached hydrogens (tertiary/aromatic N) is 1. The highest BCUT2D eigenvalue weighted by Crippen LogP contribution is 2.05. The summed E-state index contributed by atoms with van der Waals surface area (Å²) in [6.45, 7) is 4.63. The number of rotatable bonds is 5. The van der Waals surface area contributed by atoms with Crippen molar-refractivity contribution in [1.29, 1.82) is 0 Å². The Morgan fingerprint density at radius 3 is 2.93 bits per heavy atom. The Labute approximate surface area is 90.9 Å². The Hall–Kier alpha value is -1.38. The zero-order chi connectivity index (χ0) is 11.1. The third kappa shape index (κ3) is 3.70. The molecule has 0 unspecified atom stereocenters. The molecule has 0 aliphatic heterocycles. The maximum atomic E-state index is 11.3. The van der Waals surface area contributed by atoms with Gasteiger partial charge in [-0.2, -0.15) is 0 Å². The van der Waals surface area contributed by atoms with Crippen LogP contribution in [0.2, 0.25) is 0 Å². The molecule has 15 heavy (non-hydrogen) atoms. The molecular weight excluding hydrogens is 188 g/mol. The number of carbonyl (C=O) groups is 1. The van der Waals surface area contributed by atoms with Crippen molar-refractivity contribution in [3.8, 4) is 0 Å². The van der Waals surface area contributed by atoms with Crippen molar-refractivity contribution in [2.24, 2.45) is 0 Å². The molecule has 0 saturated carbocycles. The summed E-state index contributed by atoms with van der Waals surface area (Å²) in [6.07, 6.45) is 4.19. The van der Waals surface area contributed by atoms with Crippen LogP contribution in [-0.2, 0) is 17.8 Å². The number of carbonyl (C=O) groups excluding carboxylic acids is 1. The molecule has 0 fully saturated rings. The first kappa shape index (κ1) is 11.7. The summed E-state index contributed by atoms with van der Waals surface area (Å²) in [5.41, 5.74) is 2.18. The summed E-state index contributed by atoms with van der Waals surface area (Å²) in [7, 11) is 0. The number of hydrogen-bond acceptors (Lipinski definition) is 2. The summed E-state index contributed by atoms with van der Waals surface area (Å²) in [5, 5.41) is 2.87. The van der Waals surface area contributed by atoms with E-state index >= 15 is 0 Å². The summed E-state index contributed by atoms with van der Waals surface area (Å²) in [5.74, 6) is 0.102. The maximum Gasteiger partial charge on any atom is 0.220 e. The lowest BCUT2D eigenvalue weighted by atomic mass is 10.1. The molecule has 1 N–H and O–H groups in total. The maximum absolute atomic E-state index is 11.3. The molecule has 1 aromatic rings. The van der Waals surface area contributed by atoms with Crippen molar-refractivity contribution >= 4 is 5.91 Å². The van der Waals surface area contributed by atoms with E-state index in [1.54, 1.807) is 6.20 Å². The molecule has 0 bridgehead atoms. The van der Waals surface area contributed by atoms with Gasteiger partial charge in [0.05, 0.1) is 12.2 Å². The predicted molar refractivity (Wildman–Crippen MR) is 60.4 cm³/mol. The lowest BCUT2D eigenvalue weighted by Gasteiger charge is -2.07. The van der Waals surface area contributed by atoms with Crippen molar-refractivity contribution < 1.29 is 4.79 Å². The van der Waals surface area contributed by atoms with Crippen molar-refractivity contribution in [1.82, 2.24) is 10.3 Å². The highest BCUT2D eigenvalue weighted by Gasteiger charge is 2.03. The van der Waals surface area contributed by atoms with Gasteiger partial charge in [0.25, 0.3) is 0 Å². The van der Waals surface area contributed by atoms with E-state index in [2.05, 4.69) is 17.2 Å². The fraction of sp³-hybridized carbons (Fsp3) is 0.500. The van der Waals surface area contributed by atoms with Crippen molar-refractivity contribution in [3.63, 3.8) is 0 Å². The fourth-order valence-corrected chi connectivity index (χ4v) is 1.45. The van der Waals surface area contributed by atoms with Crippen LogP contribution in [0.3, 0.4) is 0 Å². The first-order valence-electron chi connectivity index (χ1n) is 5.47. The first-order valence-corrected chi connectivity index (χ1v) is 5.47. The zero-order valence-electron chi connectivity index (χ0n) is 9.42. The van der Waals surface area contributed by atoms with Crippen LogP contribution in [0, 0.1) is 0 Å². The molecule has 0 radical (unpaired) electrons. The molecule has 82 valence electrons. The SMILES string of the molecule is CCCC(=O)NCc1ncccc1CC. The monoisotopic (exact) mass is 206 g/mol. The Morgan fingerprint density at radius 2 is 2.27 bits per heavy atom. The van der Waals surface area contributed by atoms with Crippen LogP contribution in [0.25, 0.3) is 0 Å². The van der Waals surface area contributed by atoms with Gasteiger partial charge in [0.15, 0.2) is 0 Å². The van der Waals surface area contributed by atoms with Gasteiger partial charge in [-0.3, -0.25) is 9.78 Å². The Morgan fingerprint density at radius 1 is 1.47 bits per heavy atom. The molecular formula is C12H18N2O. The third-order valence-corrected chi connectivity index (χ3v) is 2.30. The van der Waals surface area contributed by atoms with E-state index in [-0.39, 0.29) is 5.91 Å². The Bertz CT molecular complexity index is 323. The lowest BCUT2D eigenvalue weighted by molar-refractivity contribution is -0.121. The quantitative estimate of drug-likeness (QED) is 0.801.